The first-order chi connectivity index (χ1) is 4.33. The molecule has 0 saturated heterocycles. The largest absolute Gasteiger partial charge is 0.372 e. The van der Waals surface area contributed by atoms with Gasteiger partial charge in [-0.15, -0.1) is 0 Å². The van der Waals surface area contributed by atoms with E-state index in [0.717, 1.165) is 18.8 Å². The molecular formula is C6H13N3. The molecule has 3 heteroatoms. The van der Waals surface area contributed by atoms with Crippen molar-refractivity contribution in [2.45, 2.75) is 19.5 Å². The summed E-state index contributed by atoms with van der Waals surface area (Å²) in [6, 6.07) is 0. The molecule has 1 aliphatic heterocycles. The van der Waals surface area contributed by atoms with Gasteiger partial charge in [0, 0.05) is 13.0 Å². The van der Waals surface area contributed by atoms with Crippen LogP contribution in [0.3, 0.4) is 0 Å². The molecule has 0 amide bonds. The summed E-state index contributed by atoms with van der Waals surface area (Å²) >= 11 is 0. The summed E-state index contributed by atoms with van der Waals surface area (Å²) in [6.07, 6.45) is 3.13. The Balaban J connectivity index is 2.27. The summed E-state index contributed by atoms with van der Waals surface area (Å²) in [5.74, 6) is 1.07. The zero-order valence-corrected chi connectivity index (χ0v) is 5.65. The SMILES string of the molecule is CCNC1=CCC(N)N1. The van der Waals surface area contributed by atoms with Gasteiger partial charge < -0.3 is 16.4 Å². The van der Waals surface area contributed by atoms with Gasteiger partial charge in [-0.1, -0.05) is 0 Å². The second-order valence-corrected chi connectivity index (χ2v) is 2.13. The zero-order chi connectivity index (χ0) is 6.69. The molecule has 0 spiro atoms. The fourth-order valence-electron chi connectivity index (χ4n) is 0.876. The summed E-state index contributed by atoms with van der Waals surface area (Å²) in [4.78, 5) is 0. The fourth-order valence-corrected chi connectivity index (χ4v) is 0.876. The minimum atomic E-state index is 0.124. The summed E-state index contributed by atoms with van der Waals surface area (Å²) < 4.78 is 0. The first-order valence-electron chi connectivity index (χ1n) is 3.29. The second-order valence-electron chi connectivity index (χ2n) is 2.13. The van der Waals surface area contributed by atoms with Crippen LogP contribution >= 0.6 is 0 Å². The van der Waals surface area contributed by atoms with Crippen molar-refractivity contribution in [3.05, 3.63) is 11.9 Å². The van der Waals surface area contributed by atoms with Gasteiger partial charge in [-0.2, -0.15) is 0 Å². The third-order valence-corrected chi connectivity index (χ3v) is 1.28. The van der Waals surface area contributed by atoms with Crippen LogP contribution in [0.5, 0.6) is 0 Å². The Kier molecular flexibility index (Phi) is 1.95. The molecule has 4 N–H and O–H groups in total. The minimum absolute atomic E-state index is 0.124. The average Bonchev–Trinajstić information content (AvgIpc) is 2.17. The van der Waals surface area contributed by atoms with Crippen molar-refractivity contribution in [1.29, 1.82) is 0 Å². The Hall–Kier alpha value is -0.700. The fraction of sp³-hybridized carbons (Fsp3) is 0.667. The van der Waals surface area contributed by atoms with Crippen molar-refractivity contribution in [2.24, 2.45) is 5.73 Å². The smallest absolute Gasteiger partial charge is 0.0958 e. The van der Waals surface area contributed by atoms with Crippen LogP contribution in [-0.4, -0.2) is 12.7 Å². The van der Waals surface area contributed by atoms with E-state index in [-0.39, 0.29) is 6.17 Å². The van der Waals surface area contributed by atoms with E-state index in [9.17, 15) is 0 Å². The molecular weight excluding hydrogens is 114 g/mol. The van der Waals surface area contributed by atoms with E-state index in [1.165, 1.54) is 0 Å². The Morgan fingerprint density at radius 1 is 2.00 bits per heavy atom. The van der Waals surface area contributed by atoms with Crippen molar-refractivity contribution in [3.63, 3.8) is 0 Å². The molecule has 0 aromatic rings. The van der Waals surface area contributed by atoms with E-state index in [1.807, 2.05) is 0 Å². The molecule has 1 unspecified atom stereocenters. The number of hydrogen-bond donors (Lipinski definition) is 3. The highest BCUT2D eigenvalue weighted by Gasteiger charge is 2.08. The Bertz CT molecular complexity index is 119. The first-order valence-corrected chi connectivity index (χ1v) is 3.29. The van der Waals surface area contributed by atoms with Gasteiger partial charge in [0.2, 0.25) is 0 Å². The second kappa shape index (κ2) is 2.73. The molecule has 0 aromatic carbocycles. The lowest BCUT2D eigenvalue weighted by Gasteiger charge is -2.08. The van der Waals surface area contributed by atoms with E-state index >= 15 is 0 Å². The molecule has 0 bridgehead atoms. The maximum absolute atomic E-state index is 5.55. The van der Waals surface area contributed by atoms with Crippen LogP contribution in [0, 0.1) is 0 Å². The molecule has 1 aliphatic rings. The number of rotatable bonds is 2. The lowest BCUT2D eigenvalue weighted by atomic mass is 10.4. The predicted octanol–water partition coefficient (Wildman–Crippen LogP) is -0.285. The van der Waals surface area contributed by atoms with Crippen molar-refractivity contribution >= 4 is 0 Å². The highest BCUT2D eigenvalue weighted by atomic mass is 15.2. The van der Waals surface area contributed by atoms with E-state index in [1.54, 1.807) is 0 Å². The van der Waals surface area contributed by atoms with Gasteiger partial charge >= 0.3 is 0 Å². The van der Waals surface area contributed by atoms with E-state index < -0.39 is 0 Å². The predicted molar refractivity (Wildman–Crippen MR) is 37.5 cm³/mol. The molecule has 3 nitrogen and oxygen atoms in total. The Morgan fingerprint density at radius 3 is 3.22 bits per heavy atom. The molecule has 9 heavy (non-hydrogen) atoms. The van der Waals surface area contributed by atoms with Gasteiger partial charge in [0.05, 0.1) is 12.0 Å². The number of hydrogen-bond acceptors (Lipinski definition) is 3. The van der Waals surface area contributed by atoms with Crippen LogP contribution in [0.4, 0.5) is 0 Å². The van der Waals surface area contributed by atoms with Gasteiger partial charge in [-0.05, 0) is 13.0 Å². The highest BCUT2D eigenvalue weighted by Crippen LogP contribution is 2.00. The molecule has 1 atom stereocenters. The molecule has 0 fully saturated rings. The summed E-state index contributed by atoms with van der Waals surface area (Å²) in [6.45, 7) is 3.01. The average molecular weight is 127 g/mol. The van der Waals surface area contributed by atoms with E-state index in [2.05, 4.69) is 23.6 Å². The number of nitrogens with one attached hydrogen (secondary N) is 2. The topological polar surface area (TPSA) is 50.1 Å². The van der Waals surface area contributed by atoms with Crippen LogP contribution < -0.4 is 16.4 Å². The van der Waals surface area contributed by atoms with Crippen molar-refractivity contribution < 1.29 is 0 Å². The maximum Gasteiger partial charge on any atom is 0.0958 e. The van der Waals surface area contributed by atoms with Crippen LogP contribution in [-0.2, 0) is 0 Å². The van der Waals surface area contributed by atoms with Crippen molar-refractivity contribution in [2.75, 3.05) is 6.54 Å². The quantitative estimate of drug-likeness (QED) is 0.478. The van der Waals surface area contributed by atoms with Crippen LogP contribution in [0.2, 0.25) is 0 Å². The monoisotopic (exact) mass is 127 g/mol. The van der Waals surface area contributed by atoms with Gasteiger partial charge in [0.25, 0.3) is 0 Å². The van der Waals surface area contributed by atoms with Crippen LogP contribution in [0.25, 0.3) is 0 Å². The minimum Gasteiger partial charge on any atom is -0.372 e. The molecule has 0 aromatic heterocycles. The third kappa shape index (κ3) is 1.61. The van der Waals surface area contributed by atoms with Gasteiger partial charge in [0.15, 0.2) is 0 Å². The Morgan fingerprint density at radius 2 is 2.78 bits per heavy atom. The van der Waals surface area contributed by atoms with Gasteiger partial charge in [-0.3, -0.25) is 0 Å². The molecule has 1 rings (SSSR count). The molecule has 1 heterocycles. The third-order valence-electron chi connectivity index (χ3n) is 1.28. The van der Waals surface area contributed by atoms with Gasteiger partial charge in [0.1, 0.15) is 0 Å². The molecule has 0 aliphatic carbocycles. The number of nitrogens with two attached hydrogens (primary N) is 1. The van der Waals surface area contributed by atoms with Crippen molar-refractivity contribution in [1.82, 2.24) is 10.6 Å². The van der Waals surface area contributed by atoms with Crippen molar-refractivity contribution in [3.8, 4) is 0 Å². The Labute approximate surface area is 55.3 Å². The summed E-state index contributed by atoms with van der Waals surface area (Å²) in [7, 11) is 0. The first kappa shape index (κ1) is 6.42. The van der Waals surface area contributed by atoms with Gasteiger partial charge in [-0.25, -0.2) is 0 Å². The lowest BCUT2D eigenvalue weighted by Crippen LogP contribution is -2.35. The normalized spacial score (nSPS) is 25.1. The van der Waals surface area contributed by atoms with E-state index in [0.29, 0.717) is 0 Å². The molecule has 52 valence electrons. The maximum atomic E-state index is 5.55. The highest BCUT2D eigenvalue weighted by molar-refractivity contribution is 5.05. The van der Waals surface area contributed by atoms with Crippen LogP contribution in [0.1, 0.15) is 13.3 Å². The molecule has 0 radical (unpaired) electrons. The summed E-state index contributed by atoms with van der Waals surface area (Å²) in [5, 5.41) is 6.23. The van der Waals surface area contributed by atoms with Crippen LogP contribution in [0.15, 0.2) is 11.9 Å². The zero-order valence-electron chi connectivity index (χ0n) is 5.65. The standard InChI is InChI=1S/C6H13N3/c1-2-8-6-4-3-5(7)9-6/h4-5,8-9H,2-3,7H2,1H3. The lowest BCUT2D eigenvalue weighted by molar-refractivity contribution is 0.610. The van der Waals surface area contributed by atoms with E-state index in [4.69, 9.17) is 5.73 Å². The molecule has 0 saturated carbocycles. The summed E-state index contributed by atoms with van der Waals surface area (Å²) in [5.41, 5.74) is 5.55.